The van der Waals surface area contributed by atoms with Crippen LogP contribution < -0.4 is 5.11 Å². The lowest BCUT2D eigenvalue weighted by Gasteiger charge is -2.31. The Morgan fingerprint density at radius 2 is 1.73 bits per heavy atom. The van der Waals surface area contributed by atoms with Gasteiger partial charge in [-0.05, 0) is 29.6 Å². The van der Waals surface area contributed by atoms with Crippen LogP contribution >= 0.6 is 12.2 Å². The summed E-state index contributed by atoms with van der Waals surface area (Å²) < 4.78 is 0. The lowest BCUT2D eigenvalue weighted by Crippen LogP contribution is -2.52. The number of likely N-dealkylation sites (N-methyl/N-ethyl adjacent to an activating group) is 2. The van der Waals surface area contributed by atoms with Crippen LogP contribution in [0.2, 0.25) is 0 Å². The third-order valence-corrected chi connectivity index (χ3v) is 3.68. The second-order valence-electron chi connectivity index (χ2n) is 4.55. The standard InChI is InChI=1S/C13H11N3O5S/c1-14-11(18)8(12(19)15(2)13(14)22)5-7-3-4-10(17)9(6-7)16(20)21/h3-6,17H,1-2H3/p-1. The van der Waals surface area contributed by atoms with Crippen molar-refractivity contribution in [1.82, 2.24) is 9.80 Å². The van der Waals surface area contributed by atoms with Crippen molar-refractivity contribution in [3.63, 3.8) is 0 Å². The molecular weight excluding hydrogens is 310 g/mol. The fraction of sp³-hybridized carbons (Fsp3) is 0.154. The normalized spacial score (nSPS) is 15.4. The van der Waals surface area contributed by atoms with E-state index in [9.17, 15) is 24.8 Å². The van der Waals surface area contributed by atoms with Gasteiger partial charge in [0.25, 0.3) is 17.5 Å². The van der Waals surface area contributed by atoms with Crippen LogP contribution in [-0.2, 0) is 9.59 Å². The number of hydrogen-bond acceptors (Lipinski definition) is 6. The van der Waals surface area contributed by atoms with E-state index in [0.717, 1.165) is 21.9 Å². The third kappa shape index (κ3) is 2.53. The maximum Gasteiger partial charge on any atom is 0.265 e. The van der Waals surface area contributed by atoms with E-state index in [0.29, 0.717) is 0 Å². The number of nitrogens with zero attached hydrogens (tertiary/aromatic N) is 3. The first-order valence-corrected chi connectivity index (χ1v) is 6.42. The number of amides is 2. The van der Waals surface area contributed by atoms with Crippen LogP contribution in [-0.4, -0.2) is 45.7 Å². The van der Waals surface area contributed by atoms with Crippen LogP contribution in [0.25, 0.3) is 6.08 Å². The molecule has 0 saturated carbocycles. The van der Waals surface area contributed by atoms with Gasteiger partial charge < -0.3 is 5.11 Å². The molecule has 2 amide bonds. The van der Waals surface area contributed by atoms with E-state index in [1.54, 1.807) is 0 Å². The molecule has 0 radical (unpaired) electrons. The van der Waals surface area contributed by atoms with Gasteiger partial charge in [-0.3, -0.25) is 29.5 Å². The average molecular weight is 320 g/mol. The summed E-state index contributed by atoms with van der Waals surface area (Å²) in [4.78, 5) is 36.4. The number of nitro groups is 1. The molecule has 1 aliphatic heterocycles. The second kappa shape index (κ2) is 5.53. The van der Waals surface area contributed by atoms with E-state index < -0.39 is 28.2 Å². The van der Waals surface area contributed by atoms with Crippen molar-refractivity contribution in [2.24, 2.45) is 0 Å². The lowest BCUT2D eigenvalue weighted by molar-refractivity contribution is -0.398. The van der Waals surface area contributed by atoms with Crippen molar-refractivity contribution in [3.05, 3.63) is 39.4 Å². The summed E-state index contributed by atoms with van der Waals surface area (Å²) in [6.45, 7) is 0. The smallest absolute Gasteiger partial charge is 0.265 e. The monoisotopic (exact) mass is 320 g/mol. The number of nitro benzene ring substituents is 1. The van der Waals surface area contributed by atoms with Crippen molar-refractivity contribution in [3.8, 4) is 5.75 Å². The maximum atomic E-state index is 12.1. The van der Waals surface area contributed by atoms with Gasteiger partial charge in [-0.15, -0.1) is 0 Å². The predicted molar refractivity (Wildman–Crippen MR) is 78.7 cm³/mol. The van der Waals surface area contributed by atoms with Gasteiger partial charge in [0.2, 0.25) is 0 Å². The highest BCUT2D eigenvalue weighted by molar-refractivity contribution is 7.80. The summed E-state index contributed by atoms with van der Waals surface area (Å²) in [5, 5.41) is 22.2. The minimum atomic E-state index is -0.817. The topological polar surface area (TPSA) is 107 Å². The number of carbonyl (C=O) groups is 2. The van der Waals surface area contributed by atoms with Gasteiger partial charge in [0.15, 0.2) is 5.11 Å². The van der Waals surface area contributed by atoms with Gasteiger partial charge >= 0.3 is 0 Å². The van der Waals surface area contributed by atoms with Crippen LogP contribution in [0.15, 0.2) is 23.8 Å². The molecule has 0 unspecified atom stereocenters. The van der Waals surface area contributed by atoms with Crippen LogP contribution in [0.3, 0.4) is 0 Å². The number of rotatable bonds is 2. The zero-order valence-electron chi connectivity index (χ0n) is 11.6. The zero-order valence-corrected chi connectivity index (χ0v) is 12.4. The van der Waals surface area contributed by atoms with Gasteiger partial charge in [0.05, 0.1) is 4.92 Å². The number of hydrogen-bond donors (Lipinski definition) is 0. The van der Waals surface area contributed by atoms with Gasteiger partial charge in [0, 0.05) is 20.2 Å². The Morgan fingerprint density at radius 3 is 2.23 bits per heavy atom. The molecule has 0 bridgehead atoms. The summed E-state index contributed by atoms with van der Waals surface area (Å²) in [5.74, 6) is -1.97. The van der Waals surface area contributed by atoms with E-state index in [4.69, 9.17) is 12.2 Å². The molecule has 9 heteroatoms. The summed E-state index contributed by atoms with van der Waals surface area (Å²) in [7, 11) is 2.84. The van der Waals surface area contributed by atoms with Crippen molar-refractivity contribution in [2.45, 2.75) is 0 Å². The summed E-state index contributed by atoms with van der Waals surface area (Å²) in [6, 6.07) is 3.33. The van der Waals surface area contributed by atoms with Gasteiger partial charge in [-0.25, -0.2) is 0 Å². The number of carbonyl (C=O) groups excluding carboxylic acids is 2. The quantitative estimate of drug-likeness (QED) is 0.254. The first-order valence-electron chi connectivity index (χ1n) is 6.01. The highest BCUT2D eigenvalue weighted by Gasteiger charge is 2.35. The molecule has 0 spiro atoms. The van der Waals surface area contributed by atoms with Crippen LogP contribution in [0.1, 0.15) is 5.56 Å². The number of thiocarbonyl (C=S) groups is 1. The average Bonchev–Trinajstić information content (AvgIpc) is 2.49. The maximum absolute atomic E-state index is 12.1. The molecule has 22 heavy (non-hydrogen) atoms. The van der Waals surface area contributed by atoms with Gasteiger partial charge in [0.1, 0.15) is 5.57 Å². The second-order valence-corrected chi connectivity index (χ2v) is 4.92. The van der Waals surface area contributed by atoms with E-state index in [1.165, 1.54) is 26.2 Å². The molecule has 0 N–H and O–H groups in total. The predicted octanol–water partition coefficient (Wildman–Crippen LogP) is 0.267. The molecule has 1 heterocycles. The first-order chi connectivity index (χ1) is 10.2. The van der Waals surface area contributed by atoms with Crippen LogP contribution in [0.5, 0.6) is 5.75 Å². The summed E-state index contributed by atoms with van der Waals surface area (Å²) >= 11 is 4.95. The molecule has 114 valence electrons. The molecule has 0 aromatic heterocycles. The molecule has 1 aliphatic rings. The summed E-state index contributed by atoms with van der Waals surface area (Å²) in [5.41, 5.74) is -0.605. The summed E-state index contributed by atoms with van der Waals surface area (Å²) in [6.07, 6.45) is 1.20. The van der Waals surface area contributed by atoms with E-state index in [2.05, 4.69) is 0 Å². The van der Waals surface area contributed by atoms with Crippen molar-refractivity contribution < 1.29 is 19.6 Å². The number of benzene rings is 1. The van der Waals surface area contributed by atoms with E-state index in [-0.39, 0.29) is 16.2 Å². The minimum Gasteiger partial charge on any atom is -0.868 e. The molecule has 1 fully saturated rings. The first kappa shape index (κ1) is 15.6. The van der Waals surface area contributed by atoms with Gasteiger partial charge in [-0.2, -0.15) is 0 Å². The van der Waals surface area contributed by atoms with E-state index in [1.807, 2.05) is 0 Å². The molecule has 1 aromatic carbocycles. The Balaban J connectivity index is 2.50. The molecule has 8 nitrogen and oxygen atoms in total. The van der Waals surface area contributed by atoms with Crippen LogP contribution in [0.4, 0.5) is 5.69 Å². The van der Waals surface area contributed by atoms with Crippen molar-refractivity contribution in [2.75, 3.05) is 14.1 Å². The Labute approximate surface area is 130 Å². The molecule has 2 rings (SSSR count). The molecule has 0 aliphatic carbocycles. The zero-order chi connectivity index (χ0) is 16.6. The Hall–Kier alpha value is -2.81. The molecule has 1 aromatic rings. The fourth-order valence-corrected chi connectivity index (χ4v) is 2.07. The van der Waals surface area contributed by atoms with Crippen molar-refractivity contribution >= 4 is 40.9 Å². The highest BCUT2D eigenvalue weighted by atomic mass is 32.1. The SMILES string of the molecule is CN1C(=O)C(=Cc2ccc([O-])c([N+](=O)[O-])c2)C(=O)N(C)C1=S. The van der Waals surface area contributed by atoms with Crippen molar-refractivity contribution in [1.29, 1.82) is 0 Å². The largest absolute Gasteiger partial charge is 0.868 e. The van der Waals surface area contributed by atoms with E-state index >= 15 is 0 Å². The third-order valence-electron chi connectivity index (χ3n) is 3.13. The van der Waals surface area contributed by atoms with Crippen LogP contribution in [0, 0.1) is 10.1 Å². The molecule has 0 atom stereocenters. The fourth-order valence-electron chi connectivity index (χ4n) is 1.91. The van der Waals surface area contributed by atoms with Gasteiger partial charge in [-0.1, -0.05) is 12.1 Å². The molecule has 1 saturated heterocycles. The minimum absolute atomic E-state index is 0.0630. The Bertz CT molecular complexity index is 717. The lowest BCUT2D eigenvalue weighted by atomic mass is 10.1. The highest BCUT2D eigenvalue weighted by Crippen LogP contribution is 2.26. The Morgan fingerprint density at radius 1 is 1.18 bits per heavy atom. The molecular formula is C13H10N3O5S-. The Kier molecular flexibility index (Phi) is 3.91.